The van der Waals surface area contributed by atoms with Crippen molar-refractivity contribution in [2.75, 3.05) is 19.0 Å². The molecule has 0 radical (unpaired) electrons. The minimum atomic E-state index is -0.527. The Bertz CT molecular complexity index is 641. The number of ether oxygens (including phenoxy) is 1. The zero-order valence-electron chi connectivity index (χ0n) is 12.5. The van der Waals surface area contributed by atoms with Crippen LogP contribution in [0.5, 0.6) is 0 Å². The van der Waals surface area contributed by atoms with Gasteiger partial charge in [-0.25, -0.2) is 14.8 Å². The summed E-state index contributed by atoms with van der Waals surface area (Å²) in [7, 11) is 1.32. The van der Waals surface area contributed by atoms with E-state index in [9.17, 15) is 4.79 Å². The van der Waals surface area contributed by atoms with Crippen LogP contribution in [0, 0.1) is 13.8 Å². The predicted octanol–water partition coefficient (Wildman–Crippen LogP) is 2.53. The lowest BCUT2D eigenvalue weighted by Crippen LogP contribution is -2.12. The van der Waals surface area contributed by atoms with Gasteiger partial charge in [-0.3, -0.25) is 0 Å². The van der Waals surface area contributed by atoms with E-state index in [4.69, 9.17) is 0 Å². The van der Waals surface area contributed by atoms with Crippen LogP contribution in [-0.4, -0.2) is 29.6 Å². The van der Waals surface area contributed by atoms with E-state index in [2.05, 4.69) is 51.2 Å². The van der Waals surface area contributed by atoms with Crippen molar-refractivity contribution in [1.82, 2.24) is 9.97 Å². The van der Waals surface area contributed by atoms with Crippen LogP contribution in [0.25, 0.3) is 0 Å². The normalized spacial score (nSPS) is 10.2. The van der Waals surface area contributed by atoms with Gasteiger partial charge < -0.3 is 10.1 Å². The molecule has 2 rings (SSSR count). The third-order valence-corrected chi connectivity index (χ3v) is 3.02. The summed E-state index contributed by atoms with van der Waals surface area (Å²) in [6.07, 6.45) is 0.887. The molecule has 1 aromatic carbocycles. The van der Waals surface area contributed by atoms with Gasteiger partial charge >= 0.3 is 5.97 Å². The van der Waals surface area contributed by atoms with Crippen LogP contribution in [0.3, 0.4) is 0 Å². The van der Waals surface area contributed by atoms with Crippen molar-refractivity contribution in [2.45, 2.75) is 20.3 Å². The molecule has 0 amide bonds. The lowest BCUT2D eigenvalue weighted by atomic mass is 10.1. The van der Waals surface area contributed by atoms with Gasteiger partial charge in [0, 0.05) is 18.3 Å². The third-order valence-electron chi connectivity index (χ3n) is 3.02. The first-order valence-corrected chi connectivity index (χ1v) is 6.82. The zero-order chi connectivity index (χ0) is 15.2. The second kappa shape index (κ2) is 6.83. The molecule has 1 heterocycles. The topological polar surface area (TPSA) is 64.1 Å². The van der Waals surface area contributed by atoms with Gasteiger partial charge in [0.15, 0.2) is 0 Å². The Morgan fingerprint density at radius 3 is 2.76 bits per heavy atom. The molecule has 21 heavy (non-hydrogen) atoms. The fourth-order valence-corrected chi connectivity index (χ4v) is 2.04. The van der Waals surface area contributed by atoms with E-state index >= 15 is 0 Å². The summed E-state index contributed by atoms with van der Waals surface area (Å²) in [5.41, 5.74) is 3.24. The molecule has 0 fully saturated rings. The Labute approximate surface area is 124 Å². The number of aryl methyl sites for hydroxylation is 2. The SMILES string of the molecule is COC(=O)c1nc(C)cc(NCCc2cccc(C)c2)n1. The number of rotatable bonds is 5. The van der Waals surface area contributed by atoms with Crippen molar-refractivity contribution in [3.63, 3.8) is 0 Å². The Hall–Kier alpha value is -2.43. The number of hydrogen-bond donors (Lipinski definition) is 1. The molecule has 0 saturated carbocycles. The number of esters is 1. The number of methoxy groups -OCH3 is 1. The number of anilines is 1. The molecule has 110 valence electrons. The van der Waals surface area contributed by atoms with Crippen molar-refractivity contribution in [3.8, 4) is 0 Å². The van der Waals surface area contributed by atoms with Gasteiger partial charge in [0.05, 0.1) is 7.11 Å². The average molecular weight is 285 g/mol. The summed E-state index contributed by atoms with van der Waals surface area (Å²) in [5, 5.41) is 3.21. The molecule has 2 aromatic rings. The number of hydrogen-bond acceptors (Lipinski definition) is 5. The number of carbonyl (C=O) groups is 1. The molecule has 0 bridgehead atoms. The molecule has 0 aliphatic rings. The van der Waals surface area contributed by atoms with Gasteiger partial charge in [0.25, 0.3) is 0 Å². The lowest BCUT2D eigenvalue weighted by Gasteiger charge is -2.08. The molecule has 1 aromatic heterocycles. The molecule has 0 aliphatic heterocycles. The standard InChI is InChI=1S/C16H19N3O2/c1-11-5-4-6-13(9-11)7-8-17-14-10-12(2)18-15(19-14)16(20)21-3/h4-6,9-10H,7-8H2,1-3H3,(H,17,18,19). The van der Waals surface area contributed by atoms with Crippen LogP contribution < -0.4 is 5.32 Å². The maximum Gasteiger partial charge on any atom is 0.376 e. The Kier molecular flexibility index (Phi) is 4.87. The fraction of sp³-hybridized carbons (Fsp3) is 0.312. The molecule has 0 spiro atoms. The second-order valence-electron chi connectivity index (χ2n) is 4.88. The zero-order valence-corrected chi connectivity index (χ0v) is 12.5. The van der Waals surface area contributed by atoms with Crippen LogP contribution in [0.2, 0.25) is 0 Å². The fourth-order valence-electron chi connectivity index (χ4n) is 2.04. The molecular weight excluding hydrogens is 266 g/mol. The predicted molar refractivity (Wildman–Crippen MR) is 81.5 cm³/mol. The van der Waals surface area contributed by atoms with Crippen LogP contribution in [0.15, 0.2) is 30.3 Å². The first kappa shape index (κ1) is 15.0. The highest BCUT2D eigenvalue weighted by molar-refractivity contribution is 5.85. The van der Waals surface area contributed by atoms with Crippen LogP contribution in [0.4, 0.5) is 5.82 Å². The number of carbonyl (C=O) groups excluding carboxylic acids is 1. The van der Waals surface area contributed by atoms with Gasteiger partial charge in [-0.1, -0.05) is 29.8 Å². The number of aromatic nitrogens is 2. The summed E-state index contributed by atoms with van der Waals surface area (Å²) in [6.45, 7) is 4.63. The Morgan fingerprint density at radius 2 is 2.05 bits per heavy atom. The minimum Gasteiger partial charge on any atom is -0.463 e. The summed E-state index contributed by atoms with van der Waals surface area (Å²) >= 11 is 0. The van der Waals surface area contributed by atoms with Crippen LogP contribution in [-0.2, 0) is 11.2 Å². The van der Waals surface area contributed by atoms with Gasteiger partial charge in [-0.05, 0) is 25.8 Å². The molecule has 0 atom stereocenters. The number of nitrogens with zero attached hydrogens (tertiary/aromatic N) is 2. The van der Waals surface area contributed by atoms with Crippen molar-refractivity contribution >= 4 is 11.8 Å². The maximum atomic E-state index is 11.5. The maximum absolute atomic E-state index is 11.5. The molecule has 0 unspecified atom stereocenters. The van der Waals surface area contributed by atoms with Crippen LogP contribution >= 0.6 is 0 Å². The van der Waals surface area contributed by atoms with Gasteiger partial charge in [0.2, 0.25) is 5.82 Å². The highest BCUT2D eigenvalue weighted by Crippen LogP contribution is 2.09. The van der Waals surface area contributed by atoms with Crippen molar-refractivity contribution in [1.29, 1.82) is 0 Å². The van der Waals surface area contributed by atoms with Gasteiger partial charge in [-0.15, -0.1) is 0 Å². The number of benzene rings is 1. The number of nitrogens with one attached hydrogen (secondary N) is 1. The molecule has 0 saturated heterocycles. The summed E-state index contributed by atoms with van der Waals surface area (Å²) < 4.78 is 4.64. The van der Waals surface area contributed by atoms with Gasteiger partial charge in [-0.2, -0.15) is 0 Å². The third kappa shape index (κ3) is 4.27. The summed E-state index contributed by atoms with van der Waals surface area (Å²) in [4.78, 5) is 19.7. The second-order valence-corrected chi connectivity index (χ2v) is 4.88. The highest BCUT2D eigenvalue weighted by Gasteiger charge is 2.11. The Morgan fingerprint density at radius 1 is 1.24 bits per heavy atom. The van der Waals surface area contributed by atoms with E-state index in [0.717, 1.165) is 18.7 Å². The van der Waals surface area contributed by atoms with Crippen molar-refractivity contribution < 1.29 is 9.53 Å². The van der Waals surface area contributed by atoms with E-state index < -0.39 is 5.97 Å². The highest BCUT2D eigenvalue weighted by atomic mass is 16.5. The van der Waals surface area contributed by atoms with Crippen molar-refractivity contribution in [2.24, 2.45) is 0 Å². The van der Waals surface area contributed by atoms with E-state index in [-0.39, 0.29) is 5.82 Å². The molecule has 5 heteroatoms. The van der Waals surface area contributed by atoms with Gasteiger partial charge in [0.1, 0.15) is 5.82 Å². The van der Waals surface area contributed by atoms with E-state index in [0.29, 0.717) is 5.82 Å². The quantitative estimate of drug-likeness (QED) is 0.855. The first-order valence-electron chi connectivity index (χ1n) is 6.82. The van der Waals surface area contributed by atoms with Crippen molar-refractivity contribution in [3.05, 3.63) is 53.0 Å². The summed E-state index contributed by atoms with van der Waals surface area (Å²) in [5.74, 6) is 0.187. The molecule has 5 nitrogen and oxygen atoms in total. The average Bonchev–Trinajstić information content (AvgIpc) is 2.46. The van der Waals surface area contributed by atoms with Crippen LogP contribution in [0.1, 0.15) is 27.4 Å². The van der Waals surface area contributed by atoms with E-state index in [1.54, 1.807) is 0 Å². The molecule has 1 N–H and O–H groups in total. The monoisotopic (exact) mass is 285 g/mol. The largest absolute Gasteiger partial charge is 0.463 e. The summed E-state index contributed by atoms with van der Waals surface area (Å²) in [6, 6.07) is 10.2. The lowest BCUT2D eigenvalue weighted by molar-refractivity contribution is 0.0586. The molecule has 0 aliphatic carbocycles. The minimum absolute atomic E-state index is 0.0792. The first-order chi connectivity index (χ1) is 10.1. The smallest absolute Gasteiger partial charge is 0.376 e. The molecular formula is C16H19N3O2. The Balaban J connectivity index is 2.00. The van der Waals surface area contributed by atoms with E-state index in [1.807, 2.05) is 13.0 Å². The van der Waals surface area contributed by atoms with E-state index in [1.165, 1.54) is 18.2 Å².